The third-order valence-electron chi connectivity index (χ3n) is 2.90. The third-order valence-corrected chi connectivity index (χ3v) is 2.90. The lowest BCUT2D eigenvalue weighted by Gasteiger charge is -2.04. The number of H-pyrrole nitrogens is 1. The van der Waals surface area contributed by atoms with E-state index < -0.39 is 10.5 Å². The van der Waals surface area contributed by atoms with Crippen LogP contribution in [0, 0.1) is 10.1 Å². The van der Waals surface area contributed by atoms with Crippen LogP contribution in [0.15, 0.2) is 47.4 Å². The first-order valence-corrected chi connectivity index (χ1v) is 5.75. The van der Waals surface area contributed by atoms with Gasteiger partial charge in [-0.3, -0.25) is 19.9 Å². The fraction of sp³-hybridized carbons (Fsp3) is 0. The predicted octanol–water partition coefficient (Wildman–Crippen LogP) is 1.89. The summed E-state index contributed by atoms with van der Waals surface area (Å²) < 4.78 is 0. The third kappa shape index (κ3) is 1.81. The molecule has 0 unspecified atom stereocenters. The van der Waals surface area contributed by atoms with Crippen LogP contribution in [0.3, 0.4) is 0 Å². The Morgan fingerprint density at radius 2 is 2.00 bits per heavy atom. The molecular formula is C13H8N4O3. The van der Waals surface area contributed by atoms with Crippen LogP contribution in [-0.2, 0) is 0 Å². The number of non-ortho nitro benzene ring substituents is 1. The molecule has 0 aliphatic carbocycles. The number of hydrogen-bond acceptors (Lipinski definition) is 5. The van der Waals surface area contributed by atoms with Gasteiger partial charge in [0.15, 0.2) is 0 Å². The Labute approximate surface area is 112 Å². The van der Waals surface area contributed by atoms with Gasteiger partial charge >= 0.3 is 0 Å². The van der Waals surface area contributed by atoms with Crippen molar-refractivity contribution in [2.24, 2.45) is 0 Å². The molecule has 0 fully saturated rings. The van der Waals surface area contributed by atoms with Crippen molar-refractivity contribution in [1.29, 1.82) is 0 Å². The summed E-state index contributed by atoms with van der Waals surface area (Å²) in [4.78, 5) is 26.4. The molecule has 0 bridgehead atoms. The van der Waals surface area contributed by atoms with E-state index >= 15 is 0 Å². The second kappa shape index (κ2) is 4.54. The molecule has 0 aliphatic heterocycles. The Hall–Kier alpha value is -3.09. The number of hydrogen-bond donors (Lipinski definition) is 1. The number of nitro benzene ring substituents is 1. The van der Waals surface area contributed by atoms with E-state index in [4.69, 9.17) is 0 Å². The quantitative estimate of drug-likeness (QED) is 0.564. The largest absolute Gasteiger partial charge is 0.282 e. The van der Waals surface area contributed by atoms with Crippen LogP contribution in [0.25, 0.3) is 22.2 Å². The van der Waals surface area contributed by atoms with Crippen LogP contribution in [0.2, 0.25) is 0 Å². The summed E-state index contributed by atoms with van der Waals surface area (Å²) in [6.07, 6.45) is 1.59. The van der Waals surface area contributed by atoms with Crippen LogP contribution < -0.4 is 5.56 Å². The van der Waals surface area contributed by atoms with Crippen LogP contribution in [-0.4, -0.2) is 20.1 Å². The number of pyridine rings is 1. The summed E-state index contributed by atoms with van der Waals surface area (Å²) in [5, 5.41) is 17.7. The summed E-state index contributed by atoms with van der Waals surface area (Å²) >= 11 is 0. The summed E-state index contributed by atoms with van der Waals surface area (Å²) in [5.41, 5.74) is 0.105. The van der Waals surface area contributed by atoms with Gasteiger partial charge in [0.2, 0.25) is 0 Å². The van der Waals surface area contributed by atoms with E-state index in [0.29, 0.717) is 16.8 Å². The van der Waals surface area contributed by atoms with Gasteiger partial charge in [-0.1, -0.05) is 18.2 Å². The summed E-state index contributed by atoms with van der Waals surface area (Å²) in [7, 11) is 0. The van der Waals surface area contributed by atoms with Gasteiger partial charge in [-0.05, 0) is 12.1 Å². The average Bonchev–Trinajstić information content (AvgIpc) is 2.48. The highest BCUT2D eigenvalue weighted by atomic mass is 16.6. The van der Waals surface area contributed by atoms with Crippen molar-refractivity contribution in [2.45, 2.75) is 0 Å². The number of nitrogens with one attached hydrogen (secondary N) is 1. The summed E-state index contributed by atoms with van der Waals surface area (Å²) in [6.45, 7) is 0. The Kier molecular flexibility index (Phi) is 2.72. The van der Waals surface area contributed by atoms with Crippen molar-refractivity contribution in [3.8, 4) is 11.4 Å². The summed E-state index contributed by atoms with van der Waals surface area (Å²) in [5.74, 6) is 0. The maximum atomic E-state index is 11.8. The van der Waals surface area contributed by atoms with Crippen molar-refractivity contribution >= 4 is 16.5 Å². The first kappa shape index (κ1) is 12.0. The molecule has 3 rings (SSSR count). The normalized spacial score (nSPS) is 10.6. The molecule has 7 heteroatoms. The van der Waals surface area contributed by atoms with E-state index in [1.165, 1.54) is 12.1 Å². The van der Waals surface area contributed by atoms with Crippen LogP contribution in [0.1, 0.15) is 0 Å². The molecule has 98 valence electrons. The van der Waals surface area contributed by atoms with Gasteiger partial charge in [0.1, 0.15) is 11.1 Å². The maximum Gasteiger partial charge on any atom is 0.282 e. The molecule has 20 heavy (non-hydrogen) atoms. The Bertz CT molecular complexity index is 858. The maximum absolute atomic E-state index is 11.8. The molecule has 0 radical (unpaired) electrons. The number of benzene rings is 1. The molecule has 0 atom stereocenters. The number of rotatable bonds is 2. The molecule has 0 amide bonds. The average molecular weight is 268 g/mol. The zero-order valence-corrected chi connectivity index (χ0v) is 10.1. The fourth-order valence-electron chi connectivity index (χ4n) is 2.05. The van der Waals surface area contributed by atoms with Crippen LogP contribution in [0.4, 0.5) is 5.69 Å². The van der Waals surface area contributed by atoms with Crippen molar-refractivity contribution in [2.75, 3.05) is 0 Å². The zero-order valence-electron chi connectivity index (χ0n) is 10.1. The van der Waals surface area contributed by atoms with Gasteiger partial charge in [-0.2, -0.15) is 5.10 Å². The topological polar surface area (TPSA) is 102 Å². The second-order valence-corrected chi connectivity index (χ2v) is 4.07. The number of fused-ring (bicyclic) bond motifs is 1. The van der Waals surface area contributed by atoms with E-state index in [1.807, 2.05) is 0 Å². The van der Waals surface area contributed by atoms with E-state index in [0.717, 1.165) is 0 Å². The molecule has 0 saturated carbocycles. The van der Waals surface area contributed by atoms with E-state index in [-0.39, 0.29) is 11.1 Å². The molecule has 1 N–H and O–H groups in total. The lowest BCUT2D eigenvalue weighted by molar-refractivity contribution is -0.383. The van der Waals surface area contributed by atoms with Gasteiger partial charge in [-0.25, -0.2) is 5.10 Å². The minimum atomic E-state index is -0.591. The minimum Gasteiger partial charge on any atom is -0.267 e. The van der Waals surface area contributed by atoms with Crippen molar-refractivity contribution in [3.05, 3.63) is 63.1 Å². The Balaban J connectivity index is 2.43. The monoisotopic (exact) mass is 268 g/mol. The molecule has 7 nitrogen and oxygen atoms in total. The zero-order chi connectivity index (χ0) is 14.1. The Morgan fingerprint density at radius 3 is 2.70 bits per heavy atom. The van der Waals surface area contributed by atoms with Crippen molar-refractivity contribution < 1.29 is 4.92 Å². The highest BCUT2D eigenvalue weighted by Gasteiger charge is 2.18. The molecule has 0 spiro atoms. The molecular weight excluding hydrogens is 260 g/mol. The van der Waals surface area contributed by atoms with Crippen LogP contribution >= 0.6 is 0 Å². The predicted molar refractivity (Wildman–Crippen MR) is 72.2 cm³/mol. The van der Waals surface area contributed by atoms with Crippen molar-refractivity contribution in [1.82, 2.24) is 15.2 Å². The molecule has 0 aliphatic rings. The Morgan fingerprint density at radius 1 is 1.15 bits per heavy atom. The summed E-state index contributed by atoms with van der Waals surface area (Å²) in [6, 6.07) is 9.68. The van der Waals surface area contributed by atoms with Gasteiger partial charge in [-0.15, -0.1) is 0 Å². The number of aromatic amines is 1. The van der Waals surface area contributed by atoms with E-state index in [2.05, 4.69) is 15.2 Å². The smallest absolute Gasteiger partial charge is 0.267 e. The lowest BCUT2D eigenvalue weighted by atomic mass is 10.1. The van der Waals surface area contributed by atoms with Crippen LogP contribution in [0.5, 0.6) is 0 Å². The molecule has 0 saturated heterocycles. The molecule has 2 aromatic heterocycles. The number of nitrogens with zero attached hydrogens (tertiary/aromatic N) is 3. The second-order valence-electron chi connectivity index (χ2n) is 4.07. The van der Waals surface area contributed by atoms with Gasteiger partial charge in [0, 0.05) is 17.6 Å². The van der Waals surface area contributed by atoms with E-state index in [9.17, 15) is 14.9 Å². The minimum absolute atomic E-state index is 0.00755. The number of aromatic nitrogens is 3. The lowest BCUT2D eigenvalue weighted by Crippen LogP contribution is -2.11. The van der Waals surface area contributed by atoms with Gasteiger partial charge in [0.25, 0.3) is 11.2 Å². The van der Waals surface area contributed by atoms with Gasteiger partial charge in [0.05, 0.1) is 10.6 Å². The first-order valence-electron chi connectivity index (χ1n) is 5.75. The van der Waals surface area contributed by atoms with Crippen molar-refractivity contribution in [3.63, 3.8) is 0 Å². The SMILES string of the molecule is O=c1[nH]nc(-c2ccccn2)c2cccc([N+](=O)[O-])c12. The molecule has 3 aromatic rings. The molecule has 1 aromatic carbocycles. The van der Waals surface area contributed by atoms with E-state index in [1.54, 1.807) is 30.5 Å². The van der Waals surface area contributed by atoms with Gasteiger partial charge < -0.3 is 0 Å². The highest BCUT2D eigenvalue weighted by Crippen LogP contribution is 2.27. The number of nitro groups is 1. The first-order chi connectivity index (χ1) is 9.68. The highest BCUT2D eigenvalue weighted by molar-refractivity contribution is 5.98. The fourth-order valence-corrected chi connectivity index (χ4v) is 2.05. The molecule has 2 heterocycles. The standard InChI is InChI=1S/C13H8N4O3/c18-13-11-8(4-3-6-10(11)17(19)20)12(15-16-13)9-5-1-2-7-14-9/h1-7H,(H,16,18).